The molecule has 1 heterocycles. The summed E-state index contributed by atoms with van der Waals surface area (Å²) in [7, 11) is 0. The van der Waals surface area contributed by atoms with Crippen molar-refractivity contribution in [3.63, 3.8) is 0 Å². The highest BCUT2D eigenvalue weighted by Crippen LogP contribution is 2.24. The largest absolute Gasteiger partial charge is 0.457 e. The number of nitrogens with one attached hydrogen (secondary N) is 1. The maximum atomic E-state index is 13.2. The average Bonchev–Trinajstić information content (AvgIpc) is 2.88. The quantitative estimate of drug-likeness (QED) is 0.306. The molecule has 1 saturated heterocycles. The normalized spacial score (nSPS) is 14.9. The SMILES string of the molecule is O=C(NO)C(Cc1cccc(Oc2ccccc2)c1)C(=O)N1CCN(Cc2ccccc2)CC1. The van der Waals surface area contributed by atoms with Crippen molar-refractivity contribution in [2.45, 2.75) is 13.0 Å². The van der Waals surface area contributed by atoms with E-state index in [-0.39, 0.29) is 12.3 Å². The fourth-order valence-electron chi connectivity index (χ4n) is 4.15. The number of hydrogen-bond acceptors (Lipinski definition) is 5. The molecule has 1 unspecified atom stereocenters. The highest BCUT2D eigenvalue weighted by molar-refractivity contribution is 6.00. The summed E-state index contributed by atoms with van der Waals surface area (Å²) in [5, 5.41) is 9.28. The van der Waals surface area contributed by atoms with Crippen LogP contribution in [0.2, 0.25) is 0 Å². The molecule has 4 rings (SSSR count). The second kappa shape index (κ2) is 11.4. The molecule has 176 valence electrons. The summed E-state index contributed by atoms with van der Waals surface area (Å²) in [6.07, 6.45) is 0.168. The highest BCUT2D eigenvalue weighted by Gasteiger charge is 2.32. The van der Waals surface area contributed by atoms with Crippen LogP contribution in [-0.2, 0) is 22.6 Å². The van der Waals surface area contributed by atoms with Gasteiger partial charge in [0.25, 0.3) is 5.91 Å². The minimum atomic E-state index is -1.02. The molecule has 7 heteroatoms. The van der Waals surface area contributed by atoms with Crippen molar-refractivity contribution in [1.29, 1.82) is 0 Å². The zero-order valence-electron chi connectivity index (χ0n) is 19.0. The maximum Gasteiger partial charge on any atom is 0.256 e. The van der Waals surface area contributed by atoms with Crippen molar-refractivity contribution < 1.29 is 19.5 Å². The molecule has 0 aromatic heterocycles. The van der Waals surface area contributed by atoms with Gasteiger partial charge < -0.3 is 9.64 Å². The number of benzene rings is 3. The van der Waals surface area contributed by atoms with Crippen LogP contribution in [0, 0.1) is 5.92 Å². The first kappa shape index (κ1) is 23.5. The third-order valence-corrected chi connectivity index (χ3v) is 5.97. The number of amides is 2. The number of nitrogens with zero attached hydrogens (tertiary/aromatic N) is 2. The summed E-state index contributed by atoms with van der Waals surface area (Å²) in [4.78, 5) is 29.7. The molecule has 34 heavy (non-hydrogen) atoms. The molecule has 2 amide bonds. The number of hydroxylamine groups is 1. The summed E-state index contributed by atoms with van der Waals surface area (Å²) in [5.74, 6) is -0.674. The highest BCUT2D eigenvalue weighted by atomic mass is 16.5. The van der Waals surface area contributed by atoms with Crippen LogP contribution in [0.3, 0.4) is 0 Å². The molecule has 1 fully saturated rings. The van der Waals surface area contributed by atoms with E-state index in [9.17, 15) is 14.8 Å². The Bertz CT molecular complexity index is 1080. The number of carbonyl (C=O) groups excluding carboxylic acids is 2. The smallest absolute Gasteiger partial charge is 0.256 e. The number of piperazine rings is 1. The van der Waals surface area contributed by atoms with E-state index < -0.39 is 11.8 Å². The molecule has 0 spiro atoms. The van der Waals surface area contributed by atoms with Crippen LogP contribution in [0.25, 0.3) is 0 Å². The van der Waals surface area contributed by atoms with Gasteiger partial charge in [-0.1, -0.05) is 60.7 Å². The van der Waals surface area contributed by atoms with Gasteiger partial charge in [-0.15, -0.1) is 0 Å². The summed E-state index contributed by atoms with van der Waals surface area (Å²) >= 11 is 0. The van der Waals surface area contributed by atoms with E-state index in [1.165, 1.54) is 5.56 Å². The van der Waals surface area contributed by atoms with Crippen molar-refractivity contribution in [2.75, 3.05) is 26.2 Å². The Morgan fingerprint density at radius 1 is 0.824 bits per heavy atom. The second-order valence-electron chi connectivity index (χ2n) is 8.38. The van der Waals surface area contributed by atoms with Gasteiger partial charge in [0.05, 0.1) is 0 Å². The topological polar surface area (TPSA) is 82.1 Å². The predicted molar refractivity (Wildman–Crippen MR) is 128 cm³/mol. The molecule has 0 radical (unpaired) electrons. The van der Waals surface area contributed by atoms with Crippen molar-refractivity contribution in [3.8, 4) is 11.5 Å². The molecule has 7 nitrogen and oxygen atoms in total. The molecule has 0 saturated carbocycles. The van der Waals surface area contributed by atoms with Gasteiger partial charge in [0.1, 0.15) is 17.4 Å². The van der Waals surface area contributed by atoms with Crippen LogP contribution in [0.15, 0.2) is 84.9 Å². The lowest BCUT2D eigenvalue weighted by Gasteiger charge is -2.36. The number of hydrogen-bond donors (Lipinski definition) is 2. The molecule has 2 N–H and O–H groups in total. The minimum absolute atomic E-state index is 0.168. The van der Waals surface area contributed by atoms with Crippen LogP contribution < -0.4 is 10.2 Å². The Morgan fingerprint density at radius 2 is 1.44 bits per heavy atom. The molecular formula is C27H29N3O4. The lowest BCUT2D eigenvalue weighted by molar-refractivity contribution is -0.147. The van der Waals surface area contributed by atoms with Gasteiger partial charge in [-0.05, 0) is 41.8 Å². The van der Waals surface area contributed by atoms with Gasteiger partial charge in [-0.25, -0.2) is 5.48 Å². The van der Waals surface area contributed by atoms with Crippen LogP contribution in [0.4, 0.5) is 0 Å². The molecule has 3 aromatic rings. The Labute approximate surface area is 199 Å². The van der Waals surface area contributed by atoms with Gasteiger partial charge in [0, 0.05) is 32.7 Å². The van der Waals surface area contributed by atoms with Gasteiger partial charge in [-0.2, -0.15) is 0 Å². The maximum absolute atomic E-state index is 13.2. The molecule has 1 aliphatic heterocycles. The molecular weight excluding hydrogens is 430 g/mol. The van der Waals surface area contributed by atoms with Crippen LogP contribution >= 0.6 is 0 Å². The molecule has 1 atom stereocenters. The van der Waals surface area contributed by atoms with Crippen molar-refractivity contribution in [1.82, 2.24) is 15.3 Å². The van der Waals surface area contributed by atoms with E-state index in [0.29, 0.717) is 24.6 Å². The molecule has 3 aromatic carbocycles. The van der Waals surface area contributed by atoms with E-state index in [2.05, 4.69) is 17.0 Å². The Balaban J connectivity index is 1.39. The zero-order chi connectivity index (χ0) is 23.8. The standard InChI is InChI=1S/C27H29N3O4/c31-26(28-33)25(19-22-10-7-13-24(18-22)34-23-11-5-2-6-12-23)27(32)30-16-14-29(15-17-30)20-21-8-3-1-4-9-21/h1-13,18,25,33H,14-17,19-20H2,(H,28,31). The minimum Gasteiger partial charge on any atom is -0.457 e. The monoisotopic (exact) mass is 459 g/mol. The Hall–Kier alpha value is -3.68. The number of ether oxygens (including phenoxy) is 1. The first-order valence-electron chi connectivity index (χ1n) is 11.4. The van der Waals surface area contributed by atoms with Crippen LogP contribution in [0.1, 0.15) is 11.1 Å². The lowest BCUT2D eigenvalue weighted by Crippen LogP contribution is -2.52. The van der Waals surface area contributed by atoms with E-state index >= 15 is 0 Å². The first-order chi connectivity index (χ1) is 16.6. The number of para-hydroxylation sites is 1. The third kappa shape index (κ3) is 6.21. The van der Waals surface area contributed by atoms with E-state index in [1.54, 1.807) is 10.4 Å². The predicted octanol–water partition coefficient (Wildman–Crippen LogP) is 3.49. The second-order valence-corrected chi connectivity index (χ2v) is 8.38. The number of rotatable bonds is 8. The third-order valence-electron chi connectivity index (χ3n) is 5.97. The van der Waals surface area contributed by atoms with Crippen molar-refractivity contribution in [2.24, 2.45) is 5.92 Å². The molecule has 0 bridgehead atoms. The average molecular weight is 460 g/mol. The lowest BCUT2D eigenvalue weighted by atomic mass is 9.96. The van der Waals surface area contributed by atoms with Gasteiger partial charge in [0.15, 0.2) is 0 Å². The summed E-state index contributed by atoms with van der Waals surface area (Å²) < 4.78 is 5.87. The van der Waals surface area contributed by atoms with Gasteiger partial charge in [-0.3, -0.25) is 19.7 Å². The Kier molecular flexibility index (Phi) is 7.91. The summed E-state index contributed by atoms with van der Waals surface area (Å²) in [6, 6.07) is 26.9. The van der Waals surface area contributed by atoms with E-state index in [4.69, 9.17) is 4.74 Å². The Morgan fingerprint density at radius 3 is 2.12 bits per heavy atom. The fraction of sp³-hybridized carbons (Fsp3) is 0.259. The van der Waals surface area contributed by atoms with Crippen molar-refractivity contribution >= 4 is 11.8 Å². The molecule has 1 aliphatic rings. The number of carbonyl (C=O) groups is 2. The van der Waals surface area contributed by atoms with Crippen LogP contribution in [-0.4, -0.2) is 53.0 Å². The van der Waals surface area contributed by atoms with Crippen LogP contribution in [0.5, 0.6) is 11.5 Å². The fourth-order valence-corrected chi connectivity index (χ4v) is 4.15. The summed E-state index contributed by atoms with van der Waals surface area (Å²) in [5.41, 5.74) is 3.68. The summed E-state index contributed by atoms with van der Waals surface area (Å²) in [6.45, 7) is 3.37. The molecule has 0 aliphatic carbocycles. The van der Waals surface area contributed by atoms with E-state index in [1.807, 2.05) is 72.8 Å². The van der Waals surface area contributed by atoms with Crippen molar-refractivity contribution in [3.05, 3.63) is 96.1 Å². The van der Waals surface area contributed by atoms with E-state index in [0.717, 1.165) is 25.2 Å². The first-order valence-corrected chi connectivity index (χ1v) is 11.4. The van der Waals surface area contributed by atoms with Gasteiger partial charge in [0.2, 0.25) is 5.91 Å². The zero-order valence-corrected chi connectivity index (χ0v) is 19.0. The van der Waals surface area contributed by atoms with Gasteiger partial charge >= 0.3 is 0 Å².